The van der Waals surface area contributed by atoms with E-state index in [4.69, 9.17) is 0 Å². The molecule has 1 atom stereocenters. The maximum Gasteiger partial charge on any atom is 0.132 e. The molecule has 0 N–H and O–H groups in total. The van der Waals surface area contributed by atoms with Crippen LogP contribution in [-0.2, 0) is 4.79 Å². The van der Waals surface area contributed by atoms with E-state index < -0.39 is 0 Å². The van der Waals surface area contributed by atoms with Gasteiger partial charge in [-0.2, -0.15) is 0 Å². The molecule has 0 saturated carbocycles. The summed E-state index contributed by atoms with van der Waals surface area (Å²) in [5.41, 5.74) is 0. The van der Waals surface area contributed by atoms with E-state index in [1.54, 1.807) is 0 Å². The highest BCUT2D eigenvalue weighted by atomic mass is 79.9. The zero-order valence-electron chi connectivity index (χ0n) is 9.92. The molecular weight excluding hydrogens is 252 g/mol. The summed E-state index contributed by atoms with van der Waals surface area (Å²) in [5, 5.41) is 0. The first-order valence-electron chi connectivity index (χ1n) is 5.63. The topological polar surface area (TPSA) is 17.1 Å². The van der Waals surface area contributed by atoms with Gasteiger partial charge in [0.25, 0.3) is 0 Å². The molecule has 15 heavy (non-hydrogen) atoms. The summed E-state index contributed by atoms with van der Waals surface area (Å²) in [6.45, 7) is 5.95. The largest absolute Gasteiger partial charge is 0.300 e. The molecule has 0 aromatic heterocycles. The zero-order chi connectivity index (χ0) is 11.7. The van der Waals surface area contributed by atoms with Crippen LogP contribution in [0, 0.1) is 0 Å². The minimum Gasteiger partial charge on any atom is -0.300 e. The van der Waals surface area contributed by atoms with Gasteiger partial charge >= 0.3 is 0 Å². The van der Waals surface area contributed by atoms with E-state index in [0.29, 0.717) is 18.6 Å². The Kier molecular flexibility index (Phi) is 7.67. The Balaban J connectivity index is 0.000000288. The standard InChI is InChI=1S/C8H11Br.C5H10O/c1-2-8(9)6-4-3-5-7-8;1-3-5(6)4-2/h3-6H,2,7H2,1H3;3-4H2,1-2H3. The number of Topliss-reactive ketones (excluding diaryl/α,β-unsaturated/α-hetero) is 1. The van der Waals surface area contributed by atoms with Crippen LogP contribution in [0.4, 0.5) is 0 Å². The number of carbonyl (C=O) groups is 1. The van der Waals surface area contributed by atoms with Crippen molar-refractivity contribution in [3.8, 4) is 0 Å². The molecule has 0 aromatic rings. The van der Waals surface area contributed by atoms with Crippen molar-refractivity contribution in [3.05, 3.63) is 24.3 Å². The van der Waals surface area contributed by atoms with Gasteiger partial charge in [0.1, 0.15) is 5.78 Å². The number of hydrogen-bond donors (Lipinski definition) is 0. The number of halogens is 1. The summed E-state index contributed by atoms with van der Waals surface area (Å²) < 4.78 is 0.266. The summed E-state index contributed by atoms with van der Waals surface area (Å²) in [6, 6.07) is 0. The molecule has 0 amide bonds. The van der Waals surface area contributed by atoms with Gasteiger partial charge in [-0.05, 0) is 12.8 Å². The molecule has 1 rings (SSSR count). The Morgan fingerprint density at radius 1 is 1.27 bits per heavy atom. The average Bonchev–Trinajstić information content (AvgIpc) is 2.30. The van der Waals surface area contributed by atoms with Gasteiger partial charge in [0, 0.05) is 17.2 Å². The Bertz CT molecular complexity index is 237. The summed E-state index contributed by atoms with van der Waals surface area (Å²) in [5.74, 6) is 0.343. The number of hydrogen-bond acceptors (Lipinski definition) is 1. The second kappa shape index (κ2) is 7.86. The summed E-state index contributed by atoms with van der Waals surface area (Å²) in [6.07, 6.45) is 12.3. The van der Waals surface area contributed by atoms with E-state index in [1.807, 2.05) is 13.8 Å². The van der Waals surface area contributed by atoms with E-state index in [0.717, 1.165) is 12.8 Å². The molecular formula is C13H21BrO. The molecule has 2 heteroatoms. The number of rotatable bonds is 3. The van der Waals surface area contributed by atoms with Crippen LogP contribution >= 0.6 is 15.9 Å². The minimum absolute atomic E-state index is 0.266. The fourth-order valence-electron chi connectivity index (χ4n) is 1.15. The highest BCUT2D eigenvalue weighted by Gasteiger charge is 2.19. The summed E-state index contributed by atoms with van der Waals surface area (Å²) in [4.78, 5) is 10.2. The van der Waals surface area contributed by atoms with E-state index in [2.05, 4.69) is 47.2 Å². The molecule has 0 saturated heterocycles. The van der Waals surface area contributed by atoms with Crippen LogP contribution < -0.4 is 0 Å². The lowest BCUT2D eigenvalue weighted by atomic mass is 9.98. The second-order valence-electron chi connectivity index (χ2n) is 3.63. The quantitative estimate of drug-likeness (QED) is 0.695. The van der Waals surface area contributed by atoms with Crippen LogP contribution in [0.2, 0.25) is 0 Å². The van der Waals surface area contributed by atoms with Crippen molar-refractivity contribution < 1.29 is 4.79 Å². The Hall–Kier alpha value is -0.370. The third kappa shape index (κ3) is 6.67. The van der Waals surface area contributed by atoms with Gasteiger partial charge in [-0.1, -0.05) is 61.0 Å². The van der Waals surface area contributed by atoms with Crippen molar-refractivity contribution in [2.24, 2.45) is 0 Å². The normalized spacial score (nSPS) is 23.2. The third-order valence-corrected chi connectivity index (χ3v) is 3.62. The van der Waals surface area contributed by atoms with Crippen molar-refractivity contribution in [2.75, 3.05) is 0 Å². The maximum atomic E-state index is 10.2. The molecule has 1 aliphatic rings. The zero-order valence-corrected chi connectivity index (χ0v) is 11.5. The first-order valence-corrected chi connectivity index (χ1v) is 6.42. The molecule has 1 nitrogen and oxygen atoms in total. The molecule has 0 bridgehead atoms. The van der Waals surface area contributed by atoms with E-state index in [1.165, 1.54) is 0 Å². The predicted molar refractivity (Wildman–Crippen MR) is 70.4 cm³/mol. The molecule has 0 spiro atoms. The second-order valence-corrected chi connectivity index (χ2v) is 5.20. The van der Waals surface area contributed by atoms with E-state index in [9.17, 15) is 4.79 Å². The lowest BCUT2D eigenvalue weighted by molar-refractivity contribution is -0.118. The smallest absolute Gasteiger partial charge is 0.132 e. The van der Waals surface area contributed by atoms with E-state index in [-0.39, 0.29) is 4.32 Å². The lowest BCUT2D eigenvalue weighted by Crippen LogP contribution is -2.15. The Morgan fingerprint density at radius 3 is 2.07 bits per heavy atom. The number of alkyl halides is 1. The van der Waals surface area contributed by atoms with Crippen molar-refractivity contribution >= 4 is 21.7 Å². The minimum atomic E-state index is 0.266. The van der Waals surface area contributed by atoms with Gasteiger partial charge in [0.15, 0.2) is 0 Å². The molecule has 0 heterocycles. The fourth-order valence-corrected chi connectivity index (χ4v) is 1.49. The molecule has 86 valence electrons. The molecule has 0 radical (unpaired) electrons. The Labute approximate surface area is 102 Å². The van der Waals surface area contributed by atoms with Crippen LogP contribution in [0.1, 0.15) is 46.5 Å². The van der Waals surface area contributed by atoms with Crippen molar-refractivity contribution in [1.29, 1.82) is 0 Å². The van der Waals surface area contributed by atoms with E-state index >= 15 is 0 Å². The van der Waals surface area contributed by atoms with Gasteiger partial charge in [-0.15, -0.1) is 0 Å². The van der Waals surface area contributed by atoms with Crippen LogP contribution in [0.15, 0.2) is 24.3 Å². The SMILES string of the molecule is CCC(=O)CC.CCC1(Br)C=CC=CC1. The highest BCUT2D eigenvalue weighted by Crippen LogP contribution is 2.30. The molecule has 1 aliphatic carbocycles. The number of allylic oxidation sites excluding steroid dienone is 4. The maximum absolute atomic E-state index is 10.2. The average molecular weight is 273 g/mol. The summed E-state index contributed by atoms with van der Waals surface area (Å²) >= 11 is 3.66. The third-order valence-electron chi connectivity index (χ3n) is 2.48. The van der Waals surface area contributed by atoms with Crippen molar-refractivity contribution in [1.82, 2.24) is 0 Å². The van der Waals surface area contributed by atoms with Gasteiger partial charge in [0.2, 0.25) is 0 Å². The highest BCUT2D eigenvalue weighted by molar-refractivity contribution is 9.10. The monoisotopic (exact) mass is 272 g/mol. The first-order chi connectivity index (χ1) is 7.08. The fraction of sp³-hybridized carbons (Fsp3) is 0.615. The van der Waals surface area contributed by atoms with Gasteiger partial charge < -0.3 is 0 Å². The van der Waals surface area contributed by atoms with Crippen molar-refractivity contribution in [2.45, 2.75) is 50.8 Å². The molecule has 0 fully saturated rings. The van der Waals surface area contributed by atoms with Crippen LogP contribution in [0.3, 0.4) is 0 Å². The van der Waals surface area contributed by atoms with Crippen molar-refractivity contribution in [3.63, 3.8) is 0 Å². The van der Waals surface area contributed by atoms with Gasteiger partial charge in [-0.25, -0.2) is 0 Å². The predicted octanol–water partition coefficient (Wildman–Crippen LogP) is 4.42. The number of ketones is 1. The van der Waals surface area contributed by atoms with Crippen LogP contribution in [-0.4, -0.2) is 10.1 Å². The molecule has 1 unspecified atom stereocenters. The lowest BCUT2D eigenvalue weighted by Gasteiger charge is -2.21. The molecule has 0 aliphatic heterocycles. The van der Waals surface area contributed by atoms with Crippen LogP contribution in [0.25, 0.3) is 0 Å². The van der Waals surface area contributed by atoms with Crippen LogP contribution in [0.5, 0.6) is 0 Å². The summed E-state index contributed by atoms with van der Waals surface area (Å²) in [7, 11) is 0. The number of carbonyl (C=O) groups excluding carboxylic acids is 1. The Morgan fingerprint density at radius 2 is 1.87 bits per heavy atom. The van der Waals surface area contributed by atoms with Gasteiger partial charge in [-0.3, -0.25) is 4.79 Å². The van der Waals surface area contributed by atoms with Gasteiger partial charge in [0.05, 0.1) is 0 Å². The first kappa shape index (κ1) is 14.6. The molecule has 0 aromatic carbocycles.